The zero-order valence-electron chi connectivity index (χ0n) is 51.3. The summed E-state index contributed by atoms with van der Waals surface area (Å²) in [5.74, 6) is 1.76. The van der Waals surface area contributed by atoms with E-state index in [1.807, 2.05) is 36.4 Å². The minimum atomic E-state index is 0.549. The van der Waals surface area contributed by atoms with Crippen molar-refractivity contribution in [3.8, 4) is 73.7 Å². The van der Waals surface area contributed by atoms with Gasteiger partial charge < -0.3 is 18.3 Å². The lowest BCUT2D eigenvalue weighted by Gasteiger charge is -2.12. The molecular weight excluding hydrogens is 1160 g/mol. The number of para-hydroxylation sites is 6. The maximum atomic E-state index is 5.37. The second-order valence-electron chi connectivity index (χ2n) is 24.7. The first-order valence-corrected chi connectivity index (χ1v) is 32.3. The fourth-order valence-electron chi connectivity index (χ4n) is 15.3. The Hall–Kier alpha value is -12.9. The highest BCUT2D eigenvalue weighted by atomic mass is 15.2. The molecule has 95 heavy (non-hydrogen) atoms. The van der Waals surface area contributed by atoms with Crippen LogP contribution in [0.5, 0.6) is 0 Å². The highest BCUT2D eigenvalue weighted by molar-refractivity contribution is 6.25. The summed E-state index contributed by atoms with van der Waals surface area (Å²) in [7, 11) is 0. The Morgan fingerprint density at radius 2 is 0.453 bits per heavy atom. The van der Waals surface area contributed by atoms with Crippen LogP contribution in [0.3, 0.4) is 0 Å². The number of hydrogen-bond donors (Lipinski definition) is 0. The van der Waals surface area contributed by atoms with Crippen LogP contribution in [-0.4, -0.2) is 37.8 Å². The second-order valence-corrected chi connectivity index (χ2v) is 24.7. The van der Waals surface area contributed by atoms with Crippen molar-refractivity contribution in [3.63, 3.8) is 0 Å². The van der Waals surface area contributed by atoms with Crippen molar-refractivity contribution in [2.24, 2.45) is 0 Å². The summed E-state index contributed by atoms with van der Waals surface area (Å²) in [6.45, 7) is 0. The van der Waals surface area contributed by atoms with E-state index in [2.05, 4.69) is 314 Å². The first-order chi connectivity index (χ1) is 47.1. The summed E-state index contributed by atoms with van der Waals surface area (Å²) in [6.07, 6.45) is 0. The van der Waals surface area contributed by atoms with Gasteiger partial charge in [-0.05, 0) is 144 Å². The maximum absolute atomic E-state index is 5.37. The first kappa shape index (κ1) is 52.8. The van der Waals surface area contributed by atoms with Gasteiger partial charge in [-0.15, -0.1) is 0 Å². The standard InChI is InChI=1S/C87H54N8/c1-7-23-55(24-8-1)85-88-86(56-25-9-2-10-26-56)90-87(89-85)95-80-48-42-60(52-72(80)74-54-81-73(53-82(74)95)66-36-20-21-37-75(66)92(81)62-29-13-4-14-30-62)59-40-46-78-71(51-59)70-50-58(39-45-77(70)91(78)61-27-11-3-12-28-61)57-41-47-79-69(49-57)68-44-43-67-65-35-19-22-38-76(65)93(63-31-15-5-16-32-63)83(67)84(68)94(79)64-33-17-6-18-34-64/h1-54H. The number of aromatic nitrogens is 8. The zero-order chi connectivity index (χ0) is 62.2. The van der Waals surface area contributed by atoms with Crippen molar-refractivity contribution in [1.82, 2.24) is 37.8 Å². The molecular formula is C87H54N8. The monoisotopic (exact) mass is 1210 g/mol. The molecule has 8 nitrogen and oxygen atoms in total. The van der Waals surface area contributed by atoms with Gasteiger partial charge in [0.2, 0.25) is 5.95 Å². The lowest BCUT2D eigenvalue weighted by molar-refractivity contribution is 0.954. The van der Waals surface area contributed by atoms with Crippen LogP contribution in [-0.2, 0) is 0 Å². The Morgan fingerprint density at radius 3 is 0.895 bits per heavy atom. The lowest BCUT2D eigenvalue weighted by Crippen LogP contribution is -2.06. The van der Waals surface area contributed by atoms with Gasteiger partial charge in [0.05, 0.1) is 55.2 Å². The maximum Gasteiger partial charge on any atom is 0.238 e. The molecule has 0 fully saturated rings. The van der Waals surface area contributed by atoms with Crippen LogP contribution in [0.4, 0.5) is 0 Å². The third-order valence-corrected chi connectivity index (χ3v) is 19.5. The quantitative estimate of drug-likeness (QED) is 0.145. The highest BCUT2D eigenvalue weighted by Crippen LogP contribution is 2.46. The first-order valence-electron chi connectivity index (χ1n) is 32.3. The summed E-state index contributed by atoms with van der Waals surface area (Å²) in [4.78, 5) is 15.9. The zero-order valence-corrected chi connectivity index (χ0v) is 51.3. The van der Waals surface area contributed by atoms with E-state index in [0.29, 0.717) is 17.6 Å². The summed E-state index contributed by atoms with van der Waals surface area (Å²) >= 11 is 0. The molecule has 0 aliphatic carbocycles. The third-order valence-electron chi connectivity index (χ3n) is 19.5. The van der Waals surface area contributed by atoms with Gasteiger partial charge in [0.15, 0.2) is 11.6 Å². The van der Waals surface area contributed by atoms with Crippen LogP contribution >= 0.6 is 0 Å². The molecule has 0 spiro atoms. The van der Waals surface area contributed by atoms with Gasteiger partial charge in [0.25, 0.3) is 0 Å². The molecule has 0 aliphatic rings. The molecule has 0 amide bonds. The minimum absolute atomic E-state index is 0.549. The number of nitrogens with zero attached hydrogens (tertiary/aromatic N) is 8. The molecule has 0 radical (unpaired) electrons. The molecule has 20 rings (SSSR count). The number of benzene rings is 14. The van der Waals surface area contributed by atoms with Crippen LogP contribution < -0.4 is 0 Å². The fraction of sp³-hybridized carbons (Fsp3) is 0. The largest absolute Gasteiger partial charge is 0.309 e. The van der Waals surface area contributed by atoms with Crippen LogP contribution in [0.15, 0.2) is 328 Å². The van der Waals surface area contributed by atoms with Crippen molar-refractivity contribution in [2.75, 3.05) is 0 Å². The molecule has 6 heterocycles. The van der Waals surface area contributed by atoms with Crippen molar-refractivity contribution >= 4 is 109 Å². The predicted octanol–water partition coefficient (Wildman–Crippen LogP) is 22.0. The number of rotatable bonds is 9. The summed E-state index contributed by atoms with van der Waals surface area (Å²) in [6, 6.07) is 119. The Balaban J connectivity index is 0.802. The molecule has 14 aromatic carbocycles. The van der Waals surface area contributed by atoms with E-state index in [-0.39, 0.29) is 0 Å². The average Bonchev–Trinajstić information content (AvgIpc) is 1.57. The van der Waals surface area contributed by atoms with Gasteiger partial charge in [0, 0.05) is 87.7 Å². The van der Waals surface area contributed by atoms with Crippen LogP contribution in [0.25, 0.3) is 183 Å². The van der Waals surface area contributed by atoms with Gasteiger partial charge in [-0.2, -0.15) is 9.97 Å². The smallest absolute Gasteiger partial charge is 0.238 e. The summed E-state index contributed by atoms with van der Waals surface area (Å²) < 4.78 is 12.0. The Morgan fingerprint density at radius 1 is 0.168 bits per heavy atom. The molecule has 0 bridgehead atoms. The predicted molar refractivity (Wildman–Crippen MR) is 393 cm³/mol. The molecule has 0 aliphatic heterocycles. The SMILES string of the molecule is c1ccc(-c2nc(-c3ccccc3)nc(-n3c4ccc(-c5ccc6c(c5)c5cc(-c7ccc8c(c7)c7ccc9c%10ccccc%10n(-c%10ccccc%10)c9c7n8-c7ccccc7)ccc5n6-c5ccccc5)cc4c4cc5c(cc43)c3ccccc3n5-c3ccccc3)n2)cc1. The molecule has 0 unspecified atom stereocenters. The fourth-order valence-corrected chi connectivity index (χ4v) is 15.3. The highest BCUT2D eigenvalue weighted by Gasteiger charge is 2.25. The van der Waals surface area contributed by atoms with E-state index in [1.165, 1.54) is 54.3 Å². The molecule has 6 aromatic heterocycles. The van der Waals surface area contributed by atoms with E-state index in [9.17, 15) is 0 Å². The van der Waals surface area contributed by atoms with Crippen LogP contribution in [0.2, 0.25) is 0 Å². The van der Waals surface area contributed by atoms with Crippen LogP contribution in [0.1, 0.15) is 0 Å². The second kappa shape index (κ2) is 20.8. The molecule has 20 aromatic rings. The minimum Gasteiger partial charge on any atom is -0.309 e. The lowest BCUT2D eigenvalue weighted by atomic mass is 9.98. The third kappa shape index (κ3) is 8.11. The molecule has 0 saturated carbocycles. The van der Waals surface area contributed by atoms with Gasteiger partial charge in [0.1, 0.15) is 0 Å². The van der Waals surface area contributed by atoms with Gasteiger partial charge in [-0.25, -0.2) is 4.98 Å². The van der Waals surface area contributed by atoms with Crippen molar-refractivity contribution < 1.29 is 0 Å². The van der Waals surface area contributed by atoms with Crippen molar-refractivity contribution in [1.29, 1.82) is 0 Å². The normalized spacial score (nSPS) is 12.0. The topological polar surface area (TPSA) is 63.3 Å². The van der Waals surface area contributed by atoms with E-state index >= 15 is 0 Å². The Kier molecular flexibility index (Phi) is 11.6. The summed E-state index contributed by atoms with van der Waals surface area (Å²) in [5, 5.41) is 11.7. The van der Waals surface area contributed by atoms with E-state index < -0.39 is 0 Å². The average molecular weight is 1210 g/mol. The van der Waals surface area contributed by atoms with Crippen LogP contribution in [0, 0.1) is 0 Å². The number of hydrogen-bond acceptors (Lipinski definition) is 3. The molecule has 0 atom stereocenters. The van der Waals surface area contributed by atoms with Gasteiger partial charge >= 0.3 is 0 Å². The van der Waals surface area contributed by atoms with E-state index in [4.69, 9.17) is 15.0 Å². The Bertz CT molecular complexity index is 6420. The van der Waals surface area contributed by atoms with Crippen molar-refractivity contribution in [2.45, 2.75) is 0 Å². The van der Waals surface area contributed by atoms with Crippen molar-refractivity contribution in [3.05, 3.63) is 328 Å². The molecule has 8 heteroatoms. The molecule has 442 valence electrons. The molecule has 0 N–H and O–H groups in total. The van der Waals surface area contributed by atoms with E-state index in [0.717, 1.165) is 111 Å². The van der Waals surface area contributed by atoms with Gasteiger partial charge in [-0.1, -0.05) is 206 Å². The molecule has 0 saturated heterocycles. The van der Waals surface area contributed by atoms with E-state index in [1.54, 1.807) is 0 Å². The summed E-state index contributed by atoms with van der Waals surface area (Å²) in [5.41, 5.74) is 22.1. The number of fused-ring (bicyclic) bond motifs is 16. The van der Waals surface area contributed by atoms with Gasteiger partial charge in [-0.3, -0.25) is 4.57 Å². The Labute approximate surface area is 545 Å².